The fourth-order valence-electron chi connectivity index (χ4n) is 4.90. The van der Waals surface area contributed by atoms with Crippen molar-refractivity contribution in [2.45, 2.75) is 38.5 Å². The van der Waals surface area contributed by atoms with Crippen molar-refractivity contribution in [3.8, 4) is 11.3 Å². The summed E-state index contributed by atoms with van der Waals surface area (Å²) in [4.78, 5) is 44.5. The van der Waals surface area contributed by atoms with Crippen molar-refractivity contribution in [1.29, 1.82) is 0 Å². The van der Waals surface area contributed by atoms with Gasteiger partial charge in [0.2, 0.25) is 11.8 Å². The summed E-state index contributed by atoms with van der Waals surface area (Å²) >= 11 is 0. The molecule has 0 aromatic carbocycles. The summed E-state index contributed by atoms with van der Waals surface area (Å²) in [5.74, 6) is -1.20. The van der Waals surface area contributed by atoms with E-state index in [9.17, 15) is 14.4 Å². The van der Waals surface area contributed by atoms with Crippen molar-refractivity contribution < 1.29 is 23.5 Å². The van der Waals surface area contributed by atoms with E-state index in [1.165, 1.54) is 0 Å². The maximum absolute atomic E-state index is 13.1. The number of amides is 4. The molecule has 3 atom stereocenters. The summed E-state index contributed by atoms with van der Waals surface area (Å²) in [5.41, 5.74) is 1.70. The molecule has 2 N–H and O–H groups in total. The Morgan fingerprint density at radius 2 is 1.97 bits per heavy atom. The fourth-order valence-corrected chi connectivity index (χ4v) is 4.90. The lowest BCUT2D eigenvalue weighted by atomic mass is 9.66. The average Bonchev–Trinajstić information content (AvgIpc) is 3.20. The van der Waals surface area contributed by atoms with Gasteiger partial charge in [-0.25, -0.2) is 4.79 Å². The Morgan fingerprint density at radius 1 is 1.21 bits per heavy atom. The number of fused-ring (bicyclic) bond motifs is 4. The SMILES string of the molecule is C[C@@H]1CN2c3cnc(-c4ccoc4)cc3CC3(C(=O)NC(=O)NC3=O)[C@H]2[C@H](C)O1. The number of anilines is 1. The molecule has 5 heterocycles. The number of morpholine rings is 1. The Balaban J connectivity index is 1.69. The number of hydrogen-bond donors (Lipinski definition) is 2. The number of rotatable bonds is 1. The lowest BCUT2D eigenvalue weighted by molar-refractivity contribution is -0.153. The number of carbonyl (C=O) groups excluding carboxylic acids is 3. The molecule has 9 nitrogen and oxygen atoms in total. The minimum Gasteiger partial charge on any atom is -0.472 e. The summed E-state index contributed by atoms with van der Waals surface area (Å²) < 4.78 is 11.1. The number of pyridine rings is 1. The Hall–Kier alpha value is -3.20. The number of furan rings is 1. The van der Waals surface area contributed by atoms with E-state index in [1.54, 1.807) is 24.8 Å². The van der Waals surface area contributed by atoms with E-state index in [0.29, 0.717) is 12.2 Å². The normalized spacial score (nSPS) is 27.9. The molecular weight excluding hydrogens is 376 g/mol. The molecule has 3 aliphatic heterocycles. The first-order valence-electron chi connectivity index (χ1n) is 9.50. The molecule has 3 aliphatic rings. The van der Waals surface area contributed by atoms with E-state index in [2.05, 4.69) is 15.6 Å². The number of aromatic nitrogens is 1. The zero-order valence-electron chi connectivity index (χ0n) is 16.0. The fraction of sp³-hybridized carbons (Fsp3) is 0.400. The molecule has 2 aromatic rings. The van der Waals surface area contributed by atoms with Crippen LogP contribution < -0.4 is 15.5 Å². The summed E-state index contributed by atoms with van der Waals surface area (Å²) in [6, 6.07) is 2.32. The Bertz CT molecular complexity index is 998. The van der Waals surface area contributed by atoms with Gasteiger partial charge in [0, 0.05) is 18.5 Å². The summed E-state index contributed by atoms with van der Waals surface area (Å²) in [6.07, 6.45) is 4.58. The molecule has 2 aromatic heterocycles. The molecule has 0 unspecified atom stereocenters. The van der Waals surface area contributed by atoms with Crippen LogP contribution in [0.1, 0.15) is 19.4 Å². The third-order valence-corrected chi connectivity index (χ3v) is 6.01. The van der Waals surface area contributed by atoms with Crippen molar-refractivity contribution in [3.63, 3.8) is 0 Å². The van der Waals surface area contributed by atoms with Gasteiger partial charge in [-0.3, -0.25) is 25.2 Å². The summed E-state index contributed by atoms with van der Waals surface area (Å²) in [5, 5.41) is 4.57. The molecule has 4 amide bonds. The van der Waals surface area contributed by atoms with Crippen molar-refractivity contribution in [3.05, 3.63) is 36.4 Å². The van der Waals surface area contributed by atoms with E-state index in [1.807, 2.05) is 24.8 Å². The second kappa shape index (κ2) is 6.15. The van der Waals surface area contributed by atoms with Crippen molar-refractivity contribution in [2.24, 2.45) is 5.41 Å². The van der Waals surface area contributed by atoms with Crippen molar-refractivity contribution in [2.75, 3.05) is 11.4 Å². The third-order valence-electron chi connectivity index (χ3n) is 6.01. The summed E-state index contributed by atoms with van der Waals surface area (Å²) in [6.45, 7) is 4.31. The molecule has 0 radical (unpaired) electrons. The van der Waals surface area contributed by atoms with Gasteiger partial charge >= 0.3 is 6.03 Å². The number of nitrogens with one attached hydrogen (secondary N) is 2. The molecule has 5 rings (SSSR count). The first kappa shape index (κ1) is 17.9. The molecule has 0 aliphatic carbocycles. The number of nitrogens with zero attached hydrogens (tertiary/aromatic N) is 2. The Morgan fingerprint density at radius 3 is 2.66 bits per heavy atom. The molecule has 1 spiro atoms. The van der Waals surface area contributed by atoms with Gasteiger partial charge in [0.25, 0.3) is 0 Å². The second-order valence-electron chi connectivity index (χ2n) is 7.84. The minimum absolute atomic E-state index is 0.0888. The topological polar surface area (TPSA) is 114 Å². The molecule has 2 saturated heterocycles. The van der Waals surface area contributed by atoms with Crippen molar-refractivity contribution in [1.82, 2.24) is 15.6 Å². The van der Waals surface area contributed by atoms with E-state index >= 15 is 0 Å². The number of ether oxygens (including phenoxy) is 1. The quantitative estimate of drug-likeness (QED) is 0.697. The molecule has 29 heavy (non-hydrogen) atoms. The first-order valence-corrected chi connectivity index (χ1v) is 9.50. The molecule has 2 fully saturated rings. The van der Waals surface area contributed by atoms with Crippen LogP contribution in [0.15, 0.2) is 35.3 Å². The highest BCUT2D eigenvalue weighted by Gasteiger charge is 2.62. The number of urea groups is 1. The number of barbiturate groups is 1. The van der Waals surface area contributed by atoms with Gasteiger partial charge in [-0.2, -0.15) is 0 Å². The highest BCUT2D eigenvalue weighted by atomic mass is 16.5. The van der Waals surface area contributed by atoms with Crippen molar-refractivity contribution >= 4 is 23.5 Å². The van der Waals surface area contributed by atoms with Gasteiger partial charge < -0.3 is 14.1 Å². The largest absolute Gasteiger partial charge is 0.472 e. The van der Waals surface area contributed by atoms with Gasteiger partial charge in [-0.05, 0) is 31.5 Å². The first-order chi connectivity index (χ1) is 13.9. The van der Waals surface area contributed by atoms with Gasteiger partial charge in [0.15, 0.2) is 5.41 Å². The van der Waals surface area contributed by atoms with Gasteiger partial charge in [-0.1, -0.05) is 0 Å². The standard InChI is InChI=1S/C20H20N4O5/c1-10-8-24-15-7-21-14(12-3-4-28-9-12)5-13(15)6-20(16(24)11(2)29-10)17(25)22-19(27)23-18(20)26/h3-5,7,9-11,16H,6,8H2,1-2H3,(H2,22,23,25,26,27)/t10-,11+,16-/m1/s1. The number of carbonyl (C=O) groups is 3. The van der Waals surface area contributed by atoms with Crippen LogP contribution in [-0.4, -0.2) is 47.6 Å². The minimum atomic E-state index is -1.48. The van der Waals surface area contributed by atoms with Gasteiger partial charge in [0.05, 0.1) is 48.4 Å². The predicted molar refractivity (Wildman–Crippen MR) is 101 cm³/mol. The molecule has 9 heteroatoms. The van der Waals surface area contributed by atoms with Crippen LogP contribution in [0.4, 0.5) is 10.5 Å². The molecule has 0 saturated carbocycles. The average molecular weight is 396 g/mol. The second-order valence-corrected chi connectivity index (χ2v) is 7.84. The van der Waals surface area contributed by atoms with E-state index in [4.69, 9.17) is 9.15 Å². The Labute approximate surface area is 166 Å². The van der Waals surface area contributed by atoms with E-state index < -0.39 is 35.4 Å². The van der Waals surface area contributed by atoms with Gasteiger partial charge in [-0.15, -0.1) is 0 Å². The maximum atomic E-state index is 13.1. The van der Waals surface area contributed by atoms with Crippen LogP contribution in [0, 0.1) is 5.41 Å². The lowest BCUT2D eigenvalue weighted by Gasteiger charge is -2.55. The van der Waals surface area contributed by atoms with Crippen LogP contribution in [0.25, 0.3) is 11.3 Å². The van der Waals surface area contributed by atoms with Gasteiger partial charge in [0.1, 0.15) is 0 Å². The smallest absolute Gasteiger partial charge is 0.328 e. The Kier molecular flexibility index (Phi) is 3.79. The van der Waals surface area contributed by atoms with E-state index in [-0.39, 0.29) is 12.5 Å². The lowest BCUT2D eigenvalue weighted by Crippen LogP contribution is -2.75. The number of imide groups is 2. The maximum Gasteiger partial charge on any atom is 0.328 e. The van der Waals surface area contributed by atoms with E-state index in [0.717, 1.165) is 16.8 Å². The summed E-state index contributed by atoms with van der Waals surface area (Å²) in [7, 11) is 0. The highest BCUT2D eigenvalue weighted by molar-refractivity contribution is 6.20. The predicted octanol–water partition coefficient (Wildman–Crippen LogP) is 1.23. The van der Waals surface area contributed by atoms with Crippen LogP contribution in [0.5, 0.6) is 0 Å². The van der Waals surface area contributed by atoms with Crippen LogP contribution in [0.2, 0.25) is 0 Å². The van der Waals surface area contributed by atoms with Crippen LogP contribution in [0.3, 0.4) is 0 Å². The third kappa shape index (κ3) is 2.50. The molecule has 150 valence electrons. The monoisotopic (exact) mass is 396 g/mol. The zero-order chi connectivity index (χ0) is 20.3. The highest BCUT2D eigenvalue weighted by Crippen LogP contribution is 2.47. The molecule has 0 bridgehead atoms. The molecular formula is C20H20N4O5. The zero-order valence-corrected chi connectivity index (χ0v) is 16.0. The van der Waals surface area contributed by atoms with Crippen LogP contribution >= 0.6 is 0 Å². The number of hydrogen-bond acceptors (Lipinski definition) is 7. The van der Waals surface area contributed by atoms with Crippen LogP contribution in [-0.2, 0) is 20.7 Å².